The van der Waals surface area contributed by atoms with E-state index in [0.717, 1.165) is 16.5 Å². The molecule has 3 rings (SSSR count). The fourth-order valence-corrected chi connectivity index (χ4v) is 3.33. The van der Waals surface area contributed by atoms with Gasteiger partial charge in [0.25, 0.3) is 0 Å². The number of carbonyl (C=O) groups excluding carboxylic acids is 2. The first-order valence-electron chi connectivity index (χ1n) is 8.85. The van der Waals surface area contributed by atoms with Crippen LogP contribution in [0.4, 0.5) is 0 Å². The van der Waals surface area contributed by atoms with Crippen LogP contribution in [0.2, 0.25) is 0 Å². The normalized spacial score (nSPS) is 17.4. The van der Waals surface area contributed by atoms with Crippen molar-refractivity contribution in [3.8, 4) is 0 Å². The van der Waals surface area contributed by atoms with Crippen molar-refractivity contribution in [1.29, 1.82) is 0 Å². The Morgan fingerprint density at radius 2 is 2.08 bits per heavy atom. The van der Waals surface area contributed by atoms with Gasteiger partial charge in [0.2, 0.25) is 5.91 Å². The Balaban J connectivity index is 1.84. The molecule has 0 aliphatic carbocycles. The molecule has 26 heavy (non-hydrogen) atoms. The summed E-state index contributed by atoms with van der Waals surface area (Å²) in [6.07, 6.45) is 0.813. The summed E-state index contributed by atoms with van der Waals surface area (Å²) in [5.74, 6) is -0.417. The minimum atomic E-state index is -0.467. The minimum absolute atomic E-state index is 0.00593. The standard InChI is InChI=1S/C20H23NO5/c1-11(2)15-8-16-14(7-19(23)26-17(16)6-12(15)3)10-25-20(24)13-4-5-18(22)21-9-13/h6-8,11,13H,4-5,9-10H2,1-3H3,(H,21,22). The molecule has 0 bridgehead atoms. The molecule has 1 saturated heterocycles. The quantitative estimate of drug-likeness (QED) is 0.672. The summed E-state index contributed by atoms with van der Waals surface area (Å²) in [4.78, 5) is 35.3. The summed E-state index contributed by atoms with van der Waals surface area (Å²) in [5.41, 5.74) is 2.88. The number of piperidine rings is 1. The maximum absolute atomic E-state index is 12.3. The third kappa shape index (κ3) is 3.79. The van der Waals surface area contributed by atoms with E-state index in [1.807, 2.05) is 19.1 Å². The van der Waals surface area contributed by atoms with Gasteiger partial charge in [0, 0.05) is 30.0 Å². The molecule has 1 amide bonds. The Hall–Kier alpha value is -2.63. The highest BCUT2D eigenvalue weighted by molar-refractivity contribution is 5.83. The van der Waals surface area contributed by atoms with Crippen LogP contribution in [0.5, 0.6) is 0 Å². The highest BCUT2D eigenvalue weighted by Crippen LogP contribution is 2.27. The van der Waals surface area contributed by atoms with E-state index in [1.54, 1.807) is 0 Å². The summed E-state index contributed by atoms with van der Waals surface area (Å²) in [7, 11) is 0. The van der Waals surface area contributed by atoms with Crippen molar-refractivity contribution in [2.75, 3.05) is 6.54 Å². The van der Waals surface area contributed by atoms with Crippen molar-refractivity contribution in [3.05, 3.63) is 45.3 Å². The van der Waals surface area contributed by atoms with Crippen LogP contribution in [-0.4, -0.2) is 18.4 Å². The fourth-order valence-electron chi connectivity index (χ4n) is 3.33. The van der Waals surface area contributed by atoms with Crippen LogP contribution in [0.15, 0.2) is 27.4 Å². The zero-order valence-electron chi connectivity index (χ0n) is 15.3. The van der Waals surface area contributed by atoms with E-state index in [9.17, 15) is 14.4 Å². The van der Waals surface area contributed by atoms with E-state index >= 15 is 0 Å². The highest BCUT2D eigenvalue weighted by atomic mass is 16.5. The van der Waals surface area contributed by atoms with E-state index in [2.05, 4.69) is 19.2 Å². The SMILES string of the molecule is Cc1cc2oc(=O)cc(COC(=O)C3CCC(=O)NC3)c2cc1C(C)C. The maximum atomic E-state index is 12.3. The van der Waals surface area contributed by atoms with Gasteiger partial charge in [0.1, 0.15) is 12.2 Å². The number of hydrogen-bond acceptors (Lipinski definition) is 5. The smallest absolute Gasteiger partial charge is 0.336 e. The van der Waals surface area contributed by atoms with Gasteiger partial charge in [-0.3, -0.25) is 9.59 Å². The molecule has 1 aromatic carbocycles. The van der Waals surface area contributed by atoms with Crippen molar-refractivity contribution >= 4 is 22.8 Å². The molecule has 6 heteroatoms. The molecule has 1 aliphatic heterocycles. The minimum Gasteiger partial charge on any atom is -0.461 e. The van der Waals surface area contributed by atoms with Gasteiger partial charge < -0.3 is 14.5 Å². The van der Waals surface area contributed by atoms with Crippen LogP contribution in [0, 0.1) is 12.8 Å². The number of benzene rings is 1. The molecule has 2 heterocycles. The van der Waals surface area contributed by atoms with Crippen LogP contribution in [0.3, 0.4) is 0 Å². The van der Waals surface area contributed by atoms with Crippen molar-refractivity contribution in [2.45, 2.75) is 46.1 Å². The van der Waals surface area contributed by atoms with Crippen LogP contribution in [-0.2, 0) is 20.9 Å². The molecule has 1 unspecified atom stereocenters. The van der Waals surface area contributed by atoms with E-state index in [-0.39, 0.29) is 24.4 Å². The van der Waals surface area contributed by atoms with Crippen LogP contribution in [0.1, 0.15) is 49.3 Å². The van der Waals surface area contributed by atoms with Gasteiger partial charge in [0.15, 0.2) is 0 Å². The Morgan fingerprint density at radius 1 is 1.31 bits per heavy atom. The lowest BCUT2D eigenvalue weighted by molar-refractivity contribution is -0.151. The number of esters is 1. The van der Waals surface area contributed by atoms with Crippen LogP contribution < -0.4 is 10.9 Å². The third-order valence-corrected chi connectivity index (χ3v) is 4.81. The van der Waals surface area contributed by atoms with E-state index in [4.69, 9.17) is 9.15 Å². The molecular formula is C20H23NO5. The Kier molecular flexibility index (Phi) is 5.11. The third-order valence-electron chi connectivity index (χ3n) is 4.81. The number of rotatable bonds is 4. The van der Waals surface area contributed by atoms with Gasteiger partial charge in [-0.25, -0.2) is 4.79 Å². The van der Waals surface area contributed by atoms with Crippen LogP contribution in [0.25, 0.3) is 11.0 Å². The molecule has 6 nitrogen and oxygen atoms in total. The zero-order valence-corrected chi connectivity index (χ0v) is 15.3. The lowest BCUT2D eigenvalue weighted by atomic mass is 9.95. The summed E-state index contributed by atoms with van der Waals surface area (Å²) >= 11 is 0. The monoisotopic (exact) mass is 357 g/mol. The Bertz CT molecular complexity index is 902. The second-order valence-electron chi connectivity index (χ2n) is 7.10. The summed E-state index contributed by atoms with van der Waals surface area (Å²) in [6, 6.07) is 5.23. The summed E-state index contributed by atoms with van der Waals surface area (Å²) in [5, 5.41) is 3.45. The van der Waals surface area contributed by atoms with Crippen LogP contribution >= 0.6 is 0 Å². The largest absolute Gasteiger partial charge is 0.461 e. The number of aryl methyl sites for hydroxylation is 1. The van der Waals surface area contributed by atoms with Gasteiger partial charge in [-0.2, -0.15) is 0 Å². The van der Waals surface area contributed by atoms with Crippen molar-refractivity contribution in [2.24, 2.45) is 5.92 Å². The average molecular weight is 357 g/mol. The summed E-state index contributed by atoms with van der Waals surface area (Å²) in [6.45, 7) is 6.49. The van der Waals surface area contributed by atoms with Crippen molar-refractivity contribution in [1.82, 2.24) is 5.32 Å². The van der Waals surface area contributed by atoms with Gasteiger partial charge in [-0.1, -0.05) is 13.8 Å². The molecule has 1 aliphatic rings. The molecule has 1 N–H and O–H groups in total. The predicted octanol–water partition coefficient (Wildman–Crippen LogP) is 2.79. The van der Waals surface area contributed by atoms with Gasteiger partial charge in [-0.15, -0.1) is 0 Å². The molecular weight excluding hydrogens is 334 g/mol. The molecule has 2 aromatic rings. The Labute approximate surface area is 151 Å². The fraction of sp³-hybridized carbons (Fsp3) is 0.450. The predicted molar refractivity (Wildman–Crippen MR) is 96.8 cm³/mol. The van der Waals surface area contributed by atoms with Gasteiger partial charge in [0.05, 0.1) is 5.92 Å². The second-order valence-corrected chi connectivity index (χ2v) is 7.10. The molecule has 0 radical (unpaired) electrons. The molecule has 1 aromatic heterocycles. The molecule has 138 valence electrons. The maximum Gasteiger partial charge on any atom is 0.336 e. The number of fused-ring (bicyclic) bond motifs is 1. The lowest BCUT2D eigenvalue weighted by Crippen LogP contribution is -2.39. The van der Waals surface area contributed by atoms with E-state index in [1.165, 1.54) is 6.07 Å². The first-order chi connectivity index (χ1) is 12.3. The van der Waals surface area contributed by atoms with Gasteiger partial charge >= 0.3 is 11.6 Å². The molecule has 0 saturated carbocycles. The molecule has 0 spiro atoms. The average Bonchev–Trinajstić information content (AvgIpc) is 2.59. The van der Waals surface area contributed by atoms with E-state index < -0.39 is 5.63 Å². The number of nitrogens with one attached hydrogen (secondary N) is 1. The van der Waals surface area contributed by atoms with Gasteiger partial charge in [-0.05, 0) is 42.5 Å². The number of hydrogen-bond donors (Lipinski definition) is 1. The molecule has 1 fully saturated rings. The van der Waals surface area contributed by atoms with Crippen molar-refractivity contribution < 1.29 is 18.7 Å². The number of amides is 1. The first kappa shape index (κ1) is 18.2. The zero-order chi connectivity index (χ0) is 18.8. The number of carbonyl (C=O) groups is 2. The Morgan fingerprint density at radius 3 is 2.73 bits per heavy atom. The summed E-state index contributed by atoms with van der Waals surface area (Å²) < 4.78 is 10.7. The molecule has 1 atom stereocenters. The van der Waals surface area contributed by atoms with Crippen molar-refractivity contribution in [3.63, 3.8) is 0 Å². The second kappa shape index (κ2) is 7.32. The van der Waals surface area contributed by atoms with E-state index in [0.29, 0.717) is 36.5 Å². The topological polar surface area (TPSA) is 85.6 Å². The number of ether oxygens (including phenoxy) is 1. The first-order valence-corrected chi connectivity index (χ1v) is 8.85. The lowest BCUT2D eigenvalue weighted by Gasteiger charge is -2.21. The highest BCUT2D eigenvalue weighted by Gasteiger charge is 2.26.